The molecule has 0 bridgehead atoms. The van der Waals surface area contributed by atoms with Crippen LogP contribution in [0.3, 0.4) is 0 Å². The van der Waals surface area contributed by atoms with Gasteiger partial charge >= 0.3 is 0 Å². The van der Waals surface area contributed by atoms with Crippen LogP contribution in [0, 0.1) is 11.8 Å². The third kappa shape index (κ3) is 2.30. The Hall–Kier alpha value is -1.40. The van der Waals surface area contributed by atoms with Crippen molar-refractivity contribution in [2.75, 3.05) is 5.33 Å². The van der Waals surface area contributed by atoms with E-state index in [1.807, 2.05) is 0 Å². The predicted molar refractivity (Wildman–Crippen MR) is 57.9 cm³/mol. The summed E-state index contributed by atoms with van der Waals surface area (Å²) in [5, 5.41) is 0.512. The van der Waals surface area contributed by atoms with Crippen molar-refractivity contribution < 1.29 is 9.59 Å². The van der Waals surface area contributed by atoms with E-state index in [2.05, 4.69) is 27.8 Å². The van der Waals surface area contributed by atoms with Crippen molar-refractivity contribution in [1.82, 2.24) is 0 Å². The van der Waals surface area contributed by atoms with Crippen molar-refractivity contribution in [2.45, 2.75) is 0 Å². The Morgan fingerprint density at radius 2 is 1.79 bits per heavy atom. The highest BCUT2D eigenvalue weighted by atomic mass is 79.9. The molecule has 70 valence electrons. The maximum atomic E-state index is 10.7. The standard InChI is InChI=1S/C11H7BrO2/c12-6-2-5-11-9(7-13)3-1-4-10(11)8-14/h1,3-4,7-8H,6H2. The zero-order chi connectivity index (χ0) is 10.4. The lowest BCUT2D eigenvalue weighted by Crippen LogP contribution is -1.93. The molecule has 0 fully saturated rings. The number of halogens is 1. The van der Waals surface area contributed by atoms with Crippen LogP contribution >= 0.6 is 15.9 Å². The lowest BCUT2D eigenvalue weighted by molar-refractivity contribution is 0.112. The Labute approximate surface area is 90.4 Å². The van der Waals surface area contributed by atoms with Gasteiger partial charge in [0.25, 0.3) is 0 Å². The molecule has 0 aliphatic carbocycles. The van der Waals surface area contributed by atoms with Crippen LogP contribution in [0.1, 0.15) is 26.3 Å². The summed E-state index contributed by atoms with van der Waals surface area (Å²) in [7, 11) is 0. The molecule has 0 saturated heterocycles. The van der Waals surface area contributed by atoms with E-state index in [4.69, 9.17) is 0 Å². The summed E-state index contributed by atoms with van der Waals surface area (Å²) in [6, 6.07) is 4.93. The van der Waals surface area contributed by atoms with Crippen LogP contribution in [-0.4, -0.2) is 17.9 Å². The van der Waals surface area contributed by atoms with Crippen LogP contribution in [0.2, 0.25) is 0 Å². The lowest BCUT2D eigenvalue weighted by Gasteiger charge is -1.98. The summed E-state index contributed by atoms with van der Waals surface area (Å²) in [4.78, 5) is 21.3. The van der Waals surface area contributed by atoms with E-state index >= 15 is 0 Å². The highest BCUT2D eigenvalue weighted by Crippen LogP contribution is 2.10. The smallest absolute Gasteiger partial charge is 0.151 e. The summed E-state index contributed by atoms with van der Waals surface area (Å²) in [5.41, 5.74) is 1.39. The molecule has 2 nitrogen and oxygen atoms in total. The minimum absolute atomic E-state index is 0.447. The predicted octanol–water partition coefficient (Wildman–Crippen LogP) is 2.06. The van der Waals surface area contributed by atoms with Crippen LogP contribution in [0.15, 0.2) is 18.2 Å². The first-order valence-corrected chi connectivity index (χ1v) is 5.04. The van der Waals surface area contributed by atoms with E-state index in [1.165, 1.54) is 0 Å². The van der Waals surface area contributed by atoms with Gasteiger partial charge < -0.3 is 0 Å². The molecule has 1 aromatic rings. The molecule has 0 aliphatic heterocycles. The van der Waals surface area contributed by atoms with E-state index in [1.54, 1.807) is 18.2 Å². The van der Waals surface area contributed by atoms with Gasteiger partial charge in [0, 0.05) is 16.7 Å². The van der Waals surface area contributed by atoms with Gasteiger partial charge in [0.15, 0.2) is 12.6 Å². The SMILES string of the molecule is O=Cc1cccc(C=O)c1C#CCBr. The van der Waals surface area contributed by atoms with Crippen LogP contribution in [0.25, 0.3) is 0 Å². The van der Waals surface area contributed by atoms with Gasteiger partial charge in [-0.25, -0.2) is 0 Å². The zero-order valence-electron chi connectivity index (χ0n) is 7.29. The molecule has 0 heterocycles. The number of hydrogen-bond donors (Lipinski definition) is 0. The quantitative estimate of drug-likeness (QED) is 0.458. The minimum atomic E-state index is 0.447. The average molecular weight is 251 g/mol. The summed E-state index contributed by atoms with van der Waals surface area (Å²) in [6.07, 6.45) is 1.40. The normalized spacial score (nSPS) is 8.64. The zero-order valence-corrected chi connectivity index (χ0v) is 8.87. The molecule has 0 aliphatic rings. The first-order chi connectivity index (χ1) is 6.83. The van der Waals surface area contributed by atoms with Crippen molar-refractivity contribution in [1.29, 1.82) is 0 Å². The van der Waals surface area contributed by atoms with Crippen molar-refractivity contribution >= 4 is 28.5 Å². The topological polar surface area (TPSA) is 34.1 Å². The summed E-state index contributed by atoms with van der Waals surface area (Å²) in [5.74, 6) is 5.54. The minimum Gasteiger partial charge on any atom is -0.298 e. The Morgan fingerprint density at radius 3 is 2.21 bits per heavy atom. The Balaban J connectivity index is 3.32. The van der Waals surface area contributed by atoms with Gasteiger partial charge in [0.2, 0.25) is 0 Å². The van der Waals surface area contributed by atoms with E-state index in [9.17, 15) is 9.59 Å². The molecule has 1 aromatic carbocycles. The second-order valence-electron chi connectivity index (χ2n) is 2.48. The van der Waals surface area contributed by atoms with E-state index < -0.39 is 0 Å². The highest BCUT2D eigenvalue weighted by Gasteiger charge is 2.03. The fraction of sp³-hybridized carbons (Fsp3) is 0.0909. The Kier molecular flexibility index (Phi) is 4.09. The van der Waals surface area contributed by atoms with Gasteiger partial charge in [0.05, 0.1) is 5.33 Å². The molecule has 0 N–H and O–H groups in total. The number of benzene rings is 1. The van der Waals surface area contributed by atoms with Crippen molar-refractivity contribution in [3.05, 3.63) is 34.9 Å². The Bertz CT molecular complexity index is 387. The van der Waals surface area contributed by atoms with E-state index in [-0.39, 0.29) is 0 Å². The Morgan fingerprint density at radius 1 is 1.21 bits per heavy atom. The molecular weight excluding hydrogens is 244 g/mol. The van der Waals surface area contributed by atoms with E-state index in [0.29, 0.717) is 34.6 Å². The maximum Gasteiger partial charge on any atom is 0.151 e. The molecule has 0 spiro atoms. The van der Waals surface area contributed by atoms with Crippen LogP contribution < -0.4 is 0 Å². The van der Waals surface area contributed by atoms with Gasteiger partial charge in [-0.1, -0.05) is 46.0 Å². The van der Waals surface area contributed by atoms with Crippen molar-refractivity contribution in [3.8, 4) is 11.8 Å². The number of rotatable bonds is 2. The molecule has 0 aromatic heterocycles. The fourth-order valence-electron chi connectivity index (χ4n) is 1.05. The van der Waals surface area contributed by atoms with Crippen molar-refractivity contribution in [2.24, 2.45) is 0 Å². The monoisotopic (exact) mass is 250 g/mol. The van der Waals surface area contributed by atoms with Crippen LogP contribution in [0.5, 0.6) is 0 Å². The molecule has 0 unspecified atom stereocenters. The largest absolute Gasteiger partial charge is 0.298 e. The average Bonchev–Trinajstić information content (AvgIpc) is 2.25. The second kappa shape index (κ2) is 5.36. The van der Waals surface area contributed by atoms with Gasteiger partial charge in [-0.05, 0) is 0 Å². The van der Waals surface area contributed by atoms with Gasteiger partial charge in [-0.3, -0.25) is 9.59 Å². The molecule has 0 radical (unpaired) electrons. The third-order valence-electron chi connectivity index (χ3n) is 1.66. The number of hydrogen-bond acceptors (Lipinski definition) is 2. The molecule has 0 amide bonds. The summed E-state index contributed by atoms with van der Waals surface area (Å²) in [6.45, 7) is 0. The number of carbonyl (C=O) groups excluding carboxylic acids is 2. The molecule has 1 rings (SSSR count). The second-order valence-corrected chi connectivity index (χ2v) is 3.04. The molecule has 3 heteroatoms. The van der Waals surface area contributed by atoms with Crippen LogP contribution in [0.4, 0.5) is 0 Å². The first kappa shape index (κ1) is 10.7. The first-order valence-electron chi connectivity index (χ1n) is 3.91. The third-order valence-corrected chi connectivity index (χ3v) is 1.94. The molecular formula is C11H7BrO2. The summed E-state index contributed by atoms with van der Waals surface area (Å²) < 4.78 is 0. The van der Waals surface area contributed by atoms with Crippen LogP contribution in [-0.2, 0) is 0 Å². The maximum absolute atomic E-state index is 10.7. The fourth-order valence-corrected chi connectivity index (χ4v) is 1.19. The van der Waals surface area contributed by atoms with Gasteiger partial charge in [0.1, 0.15) is 0 Å². The number of alkyl halides is 1. The molecule has 14 heavy (non-hydrogen) atoms. The van der Waals surface area contributed by atoms with Gasteiger partial charge in [-0.15, -0.1) is 0 Å². The van der Waals surface area contributed by atoms with Crippen molar-refractivity contribution in [3.63, 3.8) is 0 Å². The van der Waals surface area contributed by atoms with Gasteiger partial charge in [-0.2, -0.15) is 0 Å². The lowest BCUT2D eigenvalue weighted by atomic mass is 10.0. The molecule has 0 saturated carbocycles. The highest BCUT2D eigenvalue weighted by molar-refractivity contribution is 9.09. The number of carbonyl (C=O) groups is 2. The van der Waals surface area contributed by atoms with E-state index in [0.717, 1.165) is 0 Å². The summed E-state index contributed by atoms with van der Waals surface area (Å²) >= 11 is 3.15. The number of aldehydes is 2. The molecule has 0 atom stereocenters.